The molecular weight excluding hydrogens is 266 g/mol. The van der Waals surface area contributed by atoms with Crippen LogP contribution in [0, 0.1) is 5.92 Å². The van der Waals surface area contributed by atoms with E-state index in [4.69, 9.17) is 0 Å². The number of amides is 1. The second-order valence-electron chi connectivity index (χ2n) is 4.85. The molecule has 0 fully saturated rings. The van der Waals surface area contributed by atoms with Gasteiger partial charge in [0.15, 0.2) is 0 Å². The largest absolute Gasteiger partial charge is 0.481 e. The maximum atomic E-state index is 12.3. The van der Waals surface area contributed by atoms with Crippen molar-refractivity contribution < 1.29 is 14.7 Å². The first-order chi connectivity index (χ1) is 10.1. The second-order valence-corrected chi connectivity index (χ2v) is 4.85. The molecule has 21 heavy (non-hydrogen) atoms. The number of benzene rings is 2. The molecule has 4 nitrogen and oxygen atoms in total. The summed E-state index contributed by atoms with van der Waals surface area (Å²) in [5.74, 6) is -1.95. The number of carbonyl (C=O) groups is 2. The van der Waals surface area contributed by atoms with E-state index >= 15 is 0 Å². The molecule has 2 aromatic rings. The third kappa shape index (κ3) is 3.69. The van der Waals surface area contributed by atoms with Crippen molar-refractivity contribution in [1.82, 2.24) is 5.32 Å². The van der Waals surface area contributed by atoms with Crippen molar-refractivity contribution in [2.24, 2.45) is 5.92 Å². The van der Waals surface area contributed by atoms with Gasteiger partial charge in [-0.1, -0.05) is 48.5 Å². The molecule has 0 spiro atoms. The highest BCUT2D eigenvalue weighted by Gasteiger charge is 2.26. The third-order valence-electron chi connectivity index (χ3n) is 3.37. The highest BCUT2D eigenvalue weighted by Crippen LogP contribution is 2.22. The van der Waals surface area contributed by atoms with Crippen molar-refractivity contribution in [2.45, 2.75) is 13.0 Å². The van der Waals surface area contributed by atoms with Crippen LogP contribution in [0.5, 0.6) is 0 Å². The SMILES string of the molecule is C[C@H](C(=O)O)[C@@H](NC(=O)c1ccccc1)c1ccccc1. The van der Waals surface area contributed by atoms with Crippen molar-refractivity contribution in [2.75, 3.05) is 0 Å². The smallest absolute Gasteiger partial charge is 0.308 e. The monoisotopic (exact) mass is 283 g/mol. The Morgan fingerprint density at radius 1 is 0.952 bits per heavy atom. The fourth-order valence-electron chi connectivity index (χ4n) is 2.11. The van der Waals surface area contributed by atoms with Crippen LogP contribution in [-0.4, -0.2) is 17.0 Å². The van der Waals surface area contributed by atoms with E-state index in [1.165, 1.54) is 0 Å². The summed E-state index contributed by atoms with van der Waals surface area (Å²) in [6.07, 6.45) is 0. The molecule has 0 saturated carbocycles. The summed E-state index contributed by atoms with van der Waals surface area (Å²) < 4.78 is 0. The Bertz CT molecular complexity index is 610. The summed E-state index contributed by atoms with van der Waals surface area (Å²) in [4.78, 5) is 23.5. The molecule has 2 atom stereocenters. The fraction of sp³-hybridized carbons (Fsp3) is 0.176. The molecule has 1 amide bonds. The van der Waals surface area contributed by atoms with Gasteiger partial charge in [-0.2, -0.15) is 0 Å². The average Bonchev–Trinajstić information content (AvgIpc) is 2.53. The minimum absolute atomic E-state index is 0.280. The summed E-state index contributed by atoms with van der Waals surface area (Å²) in [6.45, 7) is 1.59. The first kappa shape index (κ1) is 14.8. The average molecular weight is 283 g/mol. The summed E-state index contributed by atoms with van der Waals surface area (Å²) in [5.41, 5.74) is 1.28. The summed E-state index contributed by atoms with van der Waals surface area (Å²) in [5, 5.41) is 12.1. The van der Waals surface area contributed by atoms with Crippen LogP contribution in [-0.2, 0) is 4.79 Å². The lowest BCUT2D eigenvalue weighted by Crippen LogP contribution is -2.35. The molecule has 0 bridgehead atoms. The van der Waals surface area contributed by atoms with E-state index in [9.17, 15) is 14.7 Å². The fourth-order valence-corrected chi connectivity index (χ4v) is 2.11. The van der Waals surface area contributed by atoms with Crippen molar-refractivity contribution >= 4 is 11.9 Å². The van der Waals surface area contributed by atoms with Gasteiger partial charge in [-0.25, -0.2) is 0 Å². The van der Waals surface area contributed by atoms with E-state index in [0.29, 0.717) is 5.56 Å². The molecule has 0 aliphatic carbocycles. The predicted octanol–water partition coefficient (Wildman–Crippen LogP) is 2.88. The highest BCUT2D eigenvalue weighted by atomic mass is 16.4. The Hall–Kier alpha value is -2.62. The maximum absolute atomic E-state index is 12.3. The van der Waals surface area contributed by atoms with Crippen LogP contribution in [0.15, 0.2) is 60.7 Å². The third-order valence-corrected chi connectivity index (χ3v) is 3.37. The minimum Gasteiger partial charge on any atom is -0.481 e. The first-order valence-corrected chi connectivity index (χ1v) is 6.73. The van der Waals surface area contributed by atoms with Gasteiger partial charge >= 0.3 is 5.97 Å². The van der Waals surface area contributed by atoms with E-state index in [1.54, 1.807) is 31.2 Å². The standard InChI is InChI=1S/C17H17NO3/c1-12(17(20)21)15(13-8-4-2-5-9-13)18-16(19)14-10-6-3-7-11-14/h2-12,15H,1H3,(H,18,19)(H,20,21)/t12-,15+/m0/s1. The number of carboxylic acid groups (broad SMARTS) is 1. The van der Waals surface area contributed by atoms with E-state index < -0.39 is 17.9 Å². The Balaban J connectivity index is 2.25. The first-order valence-electron chi connectivity index (χ1n) is 6.73. The van der Waals surface area contributed by atoms with E-state index in [-0.39, 0.29) is 5.91 Å². The number of hydrogen-bond donors (Lipinski definition) is 2. The summed E-state index contributed by atoms with van der Waals surface area (Å²) >= 11 is 0. The van der Waals surface area contributed by atoms with Crippen LogP contribution in [0.1, 0.15) is 28.9 Å². The number of aliphatic carboxylic acids is 1. The molecule has 0 radical (unpaired) electrons. The van der Waals surface area contributed by atoms with Gasteiger partial charge in [-0.15, -0.1) is 0 Å². The number of hydrogen-bond acceptors (Lipinski definition) is 2. The predicted molar refractivity (Wildman–Crippen MR) is 79.9 cm³/mol. The zero-order valence-corrected chi connectivity index (χ0v) is 11.7. The zero-order chi connectivity index (χ0) is 15.2. The Kier molecular flexibility index (Phi) is 4.72. The van der Waals surface area contributed by atoms with Gasteiger partial charge in [0.1, 0.15) is 0 Å². The normalized spacial score (nSPS) is 13.2. The Labute approximate surface area is 123 Å². The summed E-state index contributed by atoms with van der Waals surface area (Å²) in [6, 6.07) is 17.3. The molecular formula is C17H17NO3. The number of nitrogens with one attached hydrogen (secondary N) is 1. The van der Waals surface area contributed by atoms with E-state index in [0.717, 1.165) is 5.56 Å². The van der Waals surface area contributed by atoms with Gasteiger partial charge in [0.25, 0.3) is 5.91 Å². The molecule has 0 saturated heterocycles. The molecule has 2 rings (SSSR count). The van der Waals surface area contributed by atoms with E-state index in [1.807, 2.05) is 36.4 Å². The molecule has 108 valence electrons. The minimum atomic E-state index is -0.947. The quantitative estimate of drug-likeness (QED) is 0.886. The van der Waals surface area contributed by atoms with Crippen LogP contribution < -0.4 is 5.32 Å². The van der Waals surface area contributed by atoms with Gasteiger partial charge in [0.2, 0.25) is 0 Å². The zero-order valence-electron chi connectivity index (χ0n) is 11.7. The Morgan fingerprint density at radius 3 is 2.00 bits per heavy atom. The Morgan fingerprint density at radius 2 is 1.48 bits per heavy atom. The lowest BCUT2D eigenvalue weighted by atomic mass is 9.94. The van der Waals surface area contributed by atoms with Crippen LogP contribution in [0.2, 0.25) is 0 Å². The summed E-state index contributed by atoms with van der Waals surface area (Å²) in [7, 11) is 0. The van der Waals surface area contributed by atoms with Crippen LogP contribution in [0.3, 0.4) is 0 Å². The van der Waals surface area contributed by atoms with Gasteiger partial charge in [0, 0.05) is 5.56 Å². The molecule has 0 aromatic heterocycles. The van der Waals surface area contributed by atoms with Crippen molar-refractivity contribution in [3.63, 3.8) is 0 Å². The van der Waals surface area contributed by atoms with Gasteiger partial charge < -0.3 is 10.4 Å². The molecule has 0 heterocycles. The topological polar surface area (TPSA) is 66.4 Å². The number of rotatable bonds is 5. The maximum Gasteiger partial charge on any atom is 0.308 e. The van der Waals surface area contributed by atoms with Gasteiger partial charge in [-0.05, 0) is 24.6 Å². The van der Waals surface area contributed by atoms with E-state index in [2.05, 4.69) is 5.32 Å². The molecule has 0 unspecified atom stereocenters. The van der Waals surface area contributed by atoms with Crippen LogP contribution >= 0.6 is 0 Å². The lowest BCUT2D eigenvalue weighted by molar-refractivity contribution is -0.142. The molecule has 2 N–H and O–H groups in total. The highest BCUT2D eigenvalue weighted by molar-refractivity contribution is 5.94. The number of carboxylic acids is 1. The molecule has 4 heteroatoms. The van der Waals surface area contributed by atoms with Crippen molar-refractivity contribution in [1.29, 1.82) is 0 Å². The molecule has 0 aliphatic rings. The molecule has 2 aromatic carbocycles. The van der Waals surface area contributed by atoms with Gasteiger partial charge in [0.05, 0.1) is 12.0 Å². The van der Waals surface area contributed by atoms with Crippen LogP contribution in [0.4, 0.5) is 0 Å². The van der Waals surface area contributed by atoms with Crippen LogP contribution in [0.25, 0.3) is 0 Å². The lowest BCUT2D eigenvalue weighted by Gasteiger charge is -2.23. The van der Waals surface area contributed by atoms with Crippen molar-refractivity contribution in [3.05, 3.63) is 71.8 Å². The second kappa shape index (κ2) is 6.70. The molecule has 0 aliphatic heterocycles. The van der Waals surface area contributed by atoms with Crippen molar-refractivity contribution in [3.8, 4) is 0 Å². The van der Waals surface area contributed by atoms with Gasteiger partial charge in [-0.3, -0.25) is 9.59 Å². The number of carbonyl (C=O) groups excluding carboxylic acids is 1.